The summed E-state index contributed by atoms with van der Waals surface area (Å²) in [5.41, 5.74) is 8.97. The Hall–Kier alpha value is -2.30. The SMILES string of the molecule is CCc1ccccc1NC(=O)c1n[nH]c(C)c1N. The quantitative estimate of drug-likeness (QED) is 0.773. The number of rotatable bonds is 3. The first kappa shape index (κ1) is 12.2. The zero-order valence-corrected chi connectivity index (χ0v) is 10.4. The van der Waals surface area contributed by atoms with E-state index in [1.54, 1.807) is 6.92 Å². The molecule has 0 aliphatic carbocycles. The maximum absolute atomic E-state index is 12.0. The van der Waals surface area contributed by atoms with Crippen molar-refractivity contribution in [2.24, 2.45) is 0 Å². The van der Waals surface area contributed by atoms with Crippen molar-refractivity contribution in [3.63, 3.8) is 0 Å². The van der Waals surface area contributed by atoms with Crippen LogP contribution in [0.25, 0.3) is 0 Å². The number of anilines is 2. The summed E-state index contributed by atoms with van der Waals surface area (Å²) in [6, 6.07) is 7.68. The average molecular weight is 244 g/mol. The van der Waals surface area contributed by atoms with Crippen molar-refractivity contribution >= 4 is 17.3 Å². The molecule has 0 saturated heterocycles. The van der Waals surface area contributed by atoms with Crippen LogP contribution in [-0.4, -0.2) is 16.1 Å². The fourth-order valence-corrected chi connectivity index (χ4v) is 1.74. The molecule has 0 radical (unpaired) electrons. The van der Waals surface area contributed by atoms with Gasteiger partial charge in [0.2, 0.25) is 0 Å². The second-order valence-electron chi connectivity index (χ2n) is 4.08. The van der Waals surface area contributed by atoms with Gasteiger partial charge in [-0.15, -0.1) is 0 Å². The smallest absolute Gasteiger partial charge is 0.278 e. The van der Waals surface area contributed by atoms with E-state index < -0.39 is 0 Å². The van der Waals surface area contributed by atoms with Crippen molar-refractivity contribution in [2.45, 2.75) is 20.3 Å². The number of aromatic amines is 1. The number of nitrogen functional groups attached to an aromatic ring is 1. The molecule has 1 aromatic heterocycles. The minimum absolute atomic E-state index is 0.235. The third kappa shape index (κ3) is 2.20. The zero-order valence-electron chi connectivity index (χ0n) is 10.4. The lowest BCUT2D eigenvalue weighted by Gasteiger charge is -2.08. The summed E-state index contributed by atoms with van der Waals surface area (Å²) in [5.74, 6) is -0.294. The summed E-state index contributed by atoms with van der Waals surface area (Å²) < 4.78 is 0. The fraction of sp³-hybridized carbons (Fsp3) is 0.231. The number of para-hydroxylation sites is 1. The van der Waals surface area contributed by atoms with Crippen LogP contribution >= 0.6 is 0 Å². The van der Waals surface area contributed by atoms with E-state index in [9.17, 15) is 4.79 Å². The Balaban J connectivity index is 2.24. The van der Waals surface area contributed by atoms with Crippen molar-refractivity contribution < 1.29 is 4.79 Å². The molecular weight excluding hydrogens is 228 g/mol. The number of H-pyrrole nitrogens is 1. The summed E-state index contributed by atoms with van der Waals surface area (Å²) in [6.45, 7) is 3.82. The van der Waals surface area contributed by atoms with E-state index >= 15 is 0 Å². The number of benzene rings is 1. The van der Waals surface area contributed by atoms with E-state index in [2.05, 4.69) is 15.5 Å². The largest absolute Gasteiger partial charge is 0.395 e. The average Bonchev–Trinajstić information content (AvgIpc) is 2.71. The van der Waals surface area contributed by atoms with Gasteiger partial charge in [-0.05, 0) is 25.0 Å². The van der Waals surface area contributed by atoms with Crippen molar-refractivity contribution in [3.8, 4) is 0 Å². The van der Waals surface area contributed by atoms with Gasteiger partial charge >= 0.3 is 0 Å². The molecule has 1 amide bonds. The highest BCUT2D eigenvalue weighted by Crippen LogP contribution is 2.18. The molecule has 2 aromatic rings. The molecule has 0 atom stereocenters. The lowest BCUT2D eigenvalue weighted by atomic mass is 10.1. The summed E-state index contributed by atoms with van der Waals surface area (Å²) in [7, 11) is 0. The molecule has 0 bridgehead atoms. The van der Waals surface area contributed by atoms with Gasteiger partial charge in [0.05, 0.1) is 11.4 Å². The van der Waals surface area contributed by atoms with Crippen molar-refractivity contribution in [1.82, 2.24) is 10.2 Å². The van der Waals surface area contributed by atoms with Crippen molar-refractivity contribution in [1.29, 1.82) is 0 Å². The van der Waals surface area contributed by atoms with E-state index in [4.69, 9.17) is 5.73 Å². The highest BCUT2D eigenvalue weighted by molar-refractivity contribution is 6.06. The number of hydrogen-bond donors (Lipinski definition) is 3. The minimum atomic E-state index is -0.294. The van der Waals surface area contributed by atoms with E-state index in [0.29, 0.717) is 11.4 Å². The number of nitrogens with two attached hydrogens (primary N) is 1. The summed E-state index contributed by atoms with van der Waals surface area (Å²) in [5, 5.41) is 9.43. The van der Waals surface area contributed by atoms with Crippen LogP contribution in [0.3, 0.4) is 0 Å². The van der Waals surface area contributed by atoms with E-state index in [1.807, 2.05) is 31.2 Å². The Morgan fingerprint density at radius 1 is 1.44 bits per heavy atom. The highest BCUT2D eigenvalue weighted by atomic mass is 16.2. The highest BCUT2D eigenvalue weighted by Gasteiger charge is 2.16. The number of hydrogen-bond acceptors (Lipinski definition) is 3. The molecule has 5 nitrogen and oxygen atoms in total. The van der Waals surface area contributed by atoms with Gasteiger partial charge in [0.15, 0.2) is 5.69 Å². The molecule has 1 aromatic carbocycles. The third-order valence-electron chi connectivity index (χ3n) is 2.86. The Labute approximate surface area is 105 Å². The zero-order chi connectivity index (χ0) is 13.1. The minimum Gasteiger partial charge on any atom is -0.395 e. The van der Waals surface area contributed by atoms with Crippen LogP contribution < -0.4 is 11.1 Å². The van der Waals surface area contributed by atoms with E-state index in [-0.39, 0.29) is 11.6 Å². The Kier molecular flexibility index (Phi) is 3.32. The maximum Gasteiger partial charge on any atom is 0.278 e. The number of amides is 1. The Bertz CT molecular complexity index is 574. The molecule has 0 fully saturated rings. The molecule has 4 N–H and O–H groups in total. The summed E-state index contributed by atoms with van der Waals surface area (Å²) >= 11 is 0. The lowest BCUT2D eigenvalue weighted by molar-refractivity contribution is 0.102. The number of nitrogens with one attached hydrogen (secondary N) is 2. The van der Waals surface area contributed by atoms with Crippen LogP contribution in [0.4, 0.5) is 11.4 Å². The molecule has 0 saturated carbocycles. The maximum atomic E-state index is 12.0. The number of aromatic nitrogens is 2. The summed E-state index contributed by atoms with van der Waals surface area (Å²) in [4.78, 5) is 12.0. The topological polar surface area (TPSA) is 83.8 Å². The van der Waals surface area contributed by atoms with Crippen LogP contribution in [0.5, 0.6) is 0 Å². The molecular formula is C13H16N4O. The van der Waals surface area contributed by atoms with Gasteiger partial charge in [0.1, 0.15) is 0 Å². The van der Waals surface area contributed by atoms with Gasteiger partial charge in [-0.3, -0.25) is 9.89 Å². The van der Waals surface area contributed by atoms with E-state index in [0.717, 1.165) is 17.7 Å². The lowest BCUT2D eigenvalue weighted by Crippen LogP contribution is -2.15. The standard InChI is InChI=1S/C13H16N4O/c1-3-9-6-4-5-7-10(9)15-13(18)12-11(14)8(2)16-17-12/h4-7H,3,14H2,1-2H3,(H,15,18)(H,16,17). The first-order valence-corrected chi connectivity index (χ1v) is 5.83. The second kappa shape index (κ2) is 4.91. The van der Waals surface area contributed by atoms with Crippen LogP contribution in [0.15, 0.2) is 24.3 Å². The predicted molar refractivity (Wildman–Crippen MR) is 71.5 cm³/mol. The molecule has 0 aliphatic heterocycles. The van der Waals surface area contributed by atoms with Gasteiger partial charge < -0.3 is 11.1 Å². The first-order valence-electron chi connectivity index (χ1n) is 5.83. The molecule has 5 heteroatoms. The number of aryl methyl sites for hydroxylation is 2. The van der Waals surface area contributed by atoms with Gasteiger partial charge in [0.25, 0.3) is 5.91 Å². The Morgan fingerprint density at radius 2 is 2.17 bits per heavy atom. The van der Waals surface area contributed by atoms with E-state index in [1.165, 1.54) is 0 Å². The van der Waals surface area contributed by atoms with Gasteiger partial charge in [-0.1, -0.05) is 25.1 Å². The molecule has 0 aliphatic rings. The molecule has 1 heterocycles. The molecule has 0 spiro atoms. The monoisotopic (exact) mass is 244 g/mol. The van der Waals surface area contributed by atoms with Crippen LogP contribution in [0, 0.1) is 6.92 Å². The number of carbonyl (C=O) groups excluding carboxylic acids is 1. The molecule has 2 rings (SSSR count). The predicted octanol–water partition coefficient (Wildman–Crippen LogP) is 2.12. The van der Waals surface area contributed by atoms with Crippen LogP contribution in [0.1, 0.15) is 28.7 Å². The second-order valence-corrected chi connectivity index (χ2v) is 4.08. The summed E-state index contributed by atoms with van der Waals surface area (Å²) in [6.07, 6.45) is 0.853. The normalized spacial score (nSPS) is 10.3. The van der Waals surface area contributed by atoms with Gasteiger partial charge in [-0.25, -0.2) is 0 Å². The fourth-order valence-electron chi connectivity index (χ4n) is 1.74. The van der Waals surface area contributed by atoms with Crippen molar-refractivity contribution in [2.75, 3.05) is 11.1 Å². The number of nitrogens with zero attached hydrogens (tertiary/aromatic N) is 1. The number of carbonyl (C=O) groups is 1. The first-order chi connectivity index (χ1) is 8.63. The van der Waals surface area contributed by atoms with Gasteiger partial charge in [0, 0.05) is 5.69 Å². The third-order valence-corrected chi connectivity index (χ3v) is 2.86. The molecule has 94 valence electrons. The van der Waals surface area contributed by atoms with Crippen molar-refractivity contribution in [3.05, 3.63) is 41.2 Å². The molecule has 18 heavy (non-hydrogen) atoms. The van der Waals surface area contributed by atoms with Crippen LogP contribution in [0.2, 0.25) is 0 Å². The Morgan fingerprint density at radius 3 is 2.78 bits per heavy atom. The van der Waals surface area contributed by atoms with Crippen LogP contribution in [-0.2, 0) is 6.42 Å². The molecule has 0 unspecified atom stereocenters. The van der Waals surface area contributed by atoms with Gasteiger partial charge in [-0.2, -0.15) is 5.10 Å².